The second-order valence-corrected chi connectivity index (χ2v) is 12.2. The van der Waals surface area contributed by atoms with Gasteiger partial charge in [-0.05, 0) is 70.8 Å². The van der Waals surface area contributed by atoms with Gasteiger partial charge in [0.25, 0.3) is 11.8 Å². The molecule has 8 aromatic rings. The highest BCUT2D eigenvalue weighted by molar-refractivity contribution is 6.36. The molecule has 6 nitrogen and oxygen atoms in total. The molecular weight excluding hydrogens is 617 g/mol. The van der Waals surface area contributed by atoms with Gasteiger partial charge >= 0.3 is 0 Å². The van der Waals surface area contributed by atoms with E-state index in [1.165, 1.54) is 4.90 Å². The number of imide groups is 1. The van der Waals surface area contributed by atoms with Crippen LogP contribution in [0.15, 0.2) is 158 Å². The molecule has 234 valence electrons. The van der Waals surface area contributed by atoms with Crippen molar-refractivity contribution >= 4 is 39.3 Å². The van der Waals surface area contributed by atoms with E-state index in [1.54, 1.807) is 12.1 Å². The lowest BCUT2D eigenvalue weighted by atomic mass is 9.97. The predicted molar refractivity (Wildman–Crippen MR) is 197 cm³/mol. The normalized spacial score (nSPS) is 12.4. The Morgan fingerprint density at radius 3 is 1.88 bits per heavy atom. The standard InChI is InChI=1S/C44H26N4O2/c45-27-32-16-9-21-38(46-32)36-19-10-18-35-34-17-7-8-22-39(34)48(42(35)36)40-23-11-20-37-41(40)44(50)47(43(37)49)33-25-30(28-12-3-1-4-13-28)24-31(26-33)29-14-5-2-6-15-29/h1-26H. The van der Waals surface area contributed by atoms with E-state index in [-0.39, 0.29) is 5.91 Å². The number of carbonyl (C=O) groups excluding carboxylic acids is 2. The summed E-state index contributed by atoms with van der Waals surface area (Å²) in [6, 6.07) is 52.9. The molecule has 6 heteroatoms. The SMILES string of the molecule is N#Cc1cccc(-c2cccc3c4ccccc4n(-c4cccc5c4C(=O)N(c4cc(-c6ccccc6)cc(-c6ccccc6)c4)C5=O)c23)n1. The summed E-state index contributed by atoms with van der Waals surface area (Å²) in [6.07, 6.45) is 0. The van der Waals surface area contributed by atoms with Crippen molar-refractivity contribution < 1.29 is 9.59 Å². The van der Waals surface area contributed by atoms with E-state index in [0.717, 1.165) is 49.6 Å². The summed E-state index contributed by atoms with van der Waals surface area (Å²) in [5.41, 5.74) is 9.02. The van der Waals surface area contributed by atoms with Crippen LogP contribution in [-0.2, 0) is 0 Å². The van der Waals surface area contributed by atoms with Crippen LogP contribution in [0, 0.1) is 11.3 Å². The van der Waals surface area contributed by atoms with Gasteiger partial charge in [-0.25, -0.2) is 9.88 Å². The van der Waals surface area contributed by atoms with E-state index in [2.05, 4.69) is 33.8 Å². The van der Waals surface area contributed by atoms with Crippen LogP contribution in [0.4, 0.5) is 5.69 Å². The number of nitriles is 1. The molecule has 6 aromatic carbocycles. The van der Waals surface area contributed by atoms with Crippen LogP contribution in [-0.4, -0.2) is 21.4 Å². The number of benzene rings is 6. The molecule has 0 radical (unpaired) electrons. The summed E-state index contributed by atoms with van der Waals surface area (Å²) in [4.78, 5) is 35.1. The third kappa shape index (κ3) is 4.53. The molecule has 0 fully saturated rings. The minimum absolute atomic E-state index is 0.312. The predicted octanol–water partition coefficient (Wildman–Crippen LogP) is 9.85. The molecule has 1 aliphatic rings. The van der Waals surface area contributed by atoms with Gasteiger partial charge in [0.05, 0.1) is 39.2 Å². The zero-order valence-corrected chi connectivity index (χ0v) is 26.6. The number of amides is 2. The number of para-hydroxylation sites is 2. The Bertz CT molecular complexity index is 2650. The van der Waals surface area contributed by atoms with Crippen molar-refractivity contribution in [2.75, 3.05) is 4.90 Å². The monoisotopic (exact) mass is 642 g/mol. The number of pyridine rings is 1. The van der Waals surface area contributed by atoms with Gasteiger partial charge in [0.2, 0.25) is 0 Å². The van der Waals surface area contributed by atoms with Crippen molar-refractivity contribution in [1.82, 2.24) is 9.55 Å². The number of hydrogen-bond acceptors (Lipinski definition) is 4. The molecule has 9 rings (SSSR count). The first kappa shape index (κ1) is 29.1. The molecule has 0 spiro atoms. The number of aromatic nitrogens is 2. The minimum atomic E-state index is -0.391. The number of rotatable bonds is 5. The summed E-state index contributed by atoms with van der Waals surface area (Å²) in [5, 5.41) is 11.6. The van der Waals surface area contributed by atoms with Crippen LogP contribution in [0.5, 0.6) is 0 Å². The lowest BCUT2D eigenvalue weighted by molar-refractivity contribution is 0.0926. The second-order valence-electron chi connectivity index (χ2n) is 12.2. The molecule has 1 aliphatic heterocycles. The van der Waals surface area contributed by atoms with Crippen molar-refractivity contribution in [1.29, 1.82) is 5.26 Å². The summed E-state index contributed by atoms with van der Waals surface area (Å²) < 4.78 is 2.06. The molecule has 0 aliphatic carbocycles. The van der Waals surface area contributed by atoms with Gasteiger partial charge < -0.3 is 4.57 Å². The lowest BCUT2D eigenvalue weighted by Gasteiger charge is -2.18. The summed E-state index contributed by atoms with van der Waals surface area (Å²) in [7, 11) is 0. The van der Waals surface area contributed by atoms with E-state index in [1.807, 2.05) is 127 Å². The summed E-state index contributed by atoms with van der Waals surface area (Å²) in [6.45, 7) is 0. The highest BCUT2D eigenvalue weighted by Gasteiger charge is 2.40. The van der Waals surface area contributed by atoms with Crippen LogP contribution in [0.2, 0.25) is 0 Å². The number of hydrogen-bond donors (Lipinski definition) is 0. The Balaban J connectivity index is 1.27. The molecule has 0 atom stereocenters. The maximum atomic E-state index is 14.8. The van der Waals surface area contributed by atoms with Crippen molar-refractivity contribution in [3.63, 3.8) is 0 Å². The fourth-order valence-corrected chi connectivity index (χ4v) is 7.15. The van der Waals surface area contributed by atoms with Crippen LogP contribution < -0.4 is 4.90 Å². The highest BCUT2D eigenvalue weighted by atomic mass is 16.2. The number of anilines is 1. The maximum absolute atomic E-state index is 14.8. The minimum Gasteiger partial charge on any atom is -0.308 e. The maximum Gasteiger partial charge on any atom is 0.268 e. The van der Waals surface area contributed by atoms with E-state index in [9.17, 15) is 14.9 Å². The molecule has 0 bridgehead atoms. The molecule has 2 amide bonds. The van der Waals surface area contributed by atoms with Gasteiger partial charge in [0.1, 0.15) is 11.8 Å². The molecule has 0 saturated carbocycles. The molecule has 50 heavy (non-hydrogen) atoms. The molecular formula is C44H26N4O2. The Kier molecular flexibility index (Phi) is 6.72. The topological polar surface area (TPSA) is 79.0 Å². The number of fused-ring (bicyclic) bond motifs is 4. The molecule has 2 aromatic heterocycles. The molecule has 3 heterocycles. The van der Waals surface area contributed by atoms with Crippen molar-refractivity contribution in [2.45, 2.75) is 0 Å². The van der Waals surface area contributed by atoms with Crippen LogP contribution in [0.3, 0.4) is 0 Å². The number of nitrogens with zero attached hydrogens (tertiary/aromatic N) is 4. The van der Waals surface area contributed by atoms with E-state index in [0.29, 0.717) is 33.9 Å². The zero-order valence-electron chi connectivity index (χ0n) is 26.6. The molecule has 0 unspecified atom stereocenters. The first-order valence-electron chi connectivity index (χ1n) is 16.3. The van der Waals surface area contributed by atoms with Gasteiger partial charge in [-0.15, -0.1) is 0 Å². The Morgan fingerprint density at radius 2 is 1.16 bits per heavy atom. The fraction of sp³-hybridized carbons (Fsp3) is 0. The van der Waals surface area contributed by atoms with Crippen molar-refractivity contribution in [2.24, 2.45) is 0 Å². The van der Waals surface area contributed by atoms with Gasteiger partial charge in [0, 0.05) is 16.3 Å². The third-order valence-corrected chi connectivity index (χ3v) is 9.36. The quantitative estimate of drug-likeness (QED) is 0.175. The second kappa shape index (κ2) is 11.6. The summed E-state index contributed by atoms with van der Waals surface area (Å²) >= 11 is 0. The van der Waals surface area contributed by atoms with Crippen LogP contribution >= 0.6 is 0 Å². The Hall–Kier alpha value is -7.10. The molecule has 0 N–H and O–H groups in total. The lowest BCUT2D eigenvalue weighted by Crippen LogP contribution is -2.29. The smallest absolute Gasteiger partial charge is 0.268 e. The van der Waals surface area contributed by atoms with Gasteiger partial charge in [-0.1, -0.05) is 109 Å². The Morgan fingerprint density at radius 1 is 0.540 bits per heavy atom. The first-order valence-corrected chi connectivity index (χ1v) is 16.3. The average Bonchev–Trinajstić information content (AvgIpc) is 3.66. The third-order valence-electron chi connectivity index (χ3n) is 9.36. The largest absolute Gasteiger partial charge is 0.308 e. The molecule has 0 saturated heterocycles. The van der Waals surface area contributed by atoms with Gasteiger partial charge in [-0.2, -0.15) is 5.26 Å². The van der Waals surface area contributed by atoms with Gasteiger partial charge in [0.15, 0.2) is 0 Å². The van der Waals surface area contributed by atoms with Crippen LogP contribution in [0.1, 0.15) is 26.4 Å². The van der Waals surface area contributed by atoms with E-state index < -0.39 is 5.91 Å². The average molecular weight is 643 g/mol. The van der Waals surface area contributed by atoms with E-state index >= 15 is 0 Å². The Labute approximate surface area is 287 Å². The first-order chi connectivity index (χ1) is 24.6. The number of carbonyl (C=O) groups is 2. The zero-order chi connectivity index (χ0) is 33.8. The van der Waals surface area contributed by atoms with Crippen LogP contribution in [0.25, 0.3) is 61.0 Å². The van der Waals surface area contributed by atoms with Crippen molar-refractivity contribution in [3.8, 4) is 45.3 Å². The van der Waals surface area contributed by atoms with Crippen molar-refractivity contribution in [3.05, 3.63) is 175 Å². The van der Waals surface area contributed by atoms with E-state index in [4.69, 9.17) is 0 Å². The summed E-state index contributed by atoms with van der Waals surface area (Å²) in [5.74, 6) is -0.765. The highest BCUT2D eigenvalue weighted by Crippen LogP contribution is 2.42. The van der Waals surface area contributed by atoms with Gasteiger partial charge in [-0.3, -0.25) is 9.59 Å². The fourth-order valence-electron chi connectivity index (χ4n) is 7.15.